The smallest absolute Gasteiger partial charge is 0.246 e. The molecule has 0 spiro atoms. The molecule has 0 aliphatic rings. The van der Waals surface area contributed by atoms with E-state index in [1.165, 1.54) is 0 Å². The SMILES string of the molecule is CS(=O)(=O)N(CC(=O)NCc1nc(-c2cccc(Cl)c2)no1)Cc1ccccc1. The maximum atomic E-state index is 12.3. The molecular weight excluding hydrogens is 416 g/mol. The summed E-state index contributed by atoms with van der Waals surface area (Å²) in [7, 11) is -3.57. The second-order valence-electron chi connectivity index (χ2n) is 6.32. The van der Waals surface area contributed by atoms with Gasteiger partial charge in [-0.05, 0) is 17.7 Å². The first-order valence-corrected chi connectivity index (χ1v) is 10.9. The van der Waals surface area contributed by atoms with Crippen molar-refractivity contribution in [3.8, 4) is 11.4 Å². The number of rotatable bonds is 8. The Morgan fingerprint density at radius 1 is 1.17 bits per heavy atom. The first-order chi connectivity index (χ1) is 13.8. The van der Waals surface area contributed by atoms with E-state index in [-0.39, 0.29) is 25.5 Å². The van der Waals surface area contributed by atoms with Crippen LogP contribution in [0.1, 0.15) is 11.5 Å². The van der Waals surface area contributed by atoms with Gasteiger partial charge in [-0.15, -0.1) is 0 Å². The molecule has 0 aliphatic heterocycles. The van der Waals surface area contributed by atoms with Gasteiger partial charge in [0.1, 0.15) is 0 Å². The van der Waals surface area contributed by atoms with Crippen molar-refractivity contribution < 1.29 is 17.7 Å². The third-order valence-corrected chi connectivity index (χ3v) is 5.41. The molecule has 2 aromatic carbocycles. The summed E-state index contributed by atoms with van der Waals surface area (Å²) in [5.74, 6) is 0.0646. The van der Waals surface area contributed by atoms with Crippen molar-refractivity contribution in [2.45, 2.75) is 13.1 Å². The number of halogens is 1. The Morgan fingerprint density at radius 3 is 2.62 bits per heavy atom. The van der Waals surface area contributed by atoms with Gasteiger partial charge in [-0.3, -0.25) is 4.79 Å². The van der Waals surface area contributed by atoms with Crippen LogP contribution in [0, 0.1) is 0 Å². The molecule has 0 bridgehead atoms. The van der Waals surface area contributed by atoms with Gasteiger partial charge in [0.15, 0.2) is 0 Å². The van der Waals surface area contributed by atoms with Gasteiger partial charge in [0, 0.05) is 17.1 Å². The lowest BCUT2D eigenvalue weighted by Gasteiger charge is -2.19. The van der Waals surface area contributed by atoms with E-state index >= 15 is 0 Å². The van der Waals surface area contributed by atoms with Crippen molar-refractivity contribution in [1.82, 2.24) is 19.8 Å². The molecule has 3 rings (SSSR count). The predicted octanol–water partition coefficient (Wildman–Crippen LogP) is 2.47. The van der Waals surface area contributed by atoms with Gasteiger partial charge >= 0.3 is 0 Å². The van der Waals surface area contributed by atoms with Gasteiger partial charge in [-0.1, -0.05) is 59.2 Å². The summed E-state index contributed by atoms with van der Waals surface area (Å²) in [6.45, 7) is -0.231. The van der Waals surface area contributed by atoms with Crippen molar-refractivity contribution in [1.29, 1.82) is 0 Å². The highest BCUT2D eigenvalue weighted by Gasteiger charge is 2.21. The maximum absolute atomic E-state index is 12.3. The molecular formula is C19H19ClN4O4S. The van der Waals surface area contributed by atoms with E-state index in [9.17, 15) is 13.2 Å². The van der Waals surface area contributed by atoms with E-state index in [2.05, 4.69) is 15.5 Å². The molecule has 3 aromatic rings. The molecule has 8 nitrogen and oxygen atoms in total. The molecule has 152 valence electrons. The Kier molecular flexibility index (Phi) is 6.63. The normalized spacial score (nSPS) is 11.6. The number of benzene rings is 2. The second kappa shape index (κ2) is 9.17. The Hall–Kier alpha value is -2.75. The molecule has 1 aromatic heterocycles. The zero-order chi connectivity index (χ0) is 20.9. The van der Waals surface area contributed by atoms with Crippen LogP contribution < -0.4 is 5.32 Å². The van der Waals surface area contributed by atoms with Crippen LogP contribution in [0.4, 0.5) is 0 Å². The van der Waals surface area contributed by atoms with Gasteiger partial charge in [0.25, 0.3) is 0 Å². The summed E-state index contributed by atoms with van der Waals surface area (Å²) in [4.78, 5) is 16.5. The molecule has 1 amide bonds. The zero-order valence-corrected chi connectivity index (χ0v) is 17.2. The highest BCUT2D eigenvalue weighted by atomic mass is 35.5. The minimum atomic E-state index is -3.57. The number of carbonyl (C=O) groups is 1. The minimum Gasteiger partial charge on any atom is -0.346 e. The molecule has 0 saturated heterocycles. The van der Waals surface area contributed by atoms with Crippen LogP contribution in [-0.4, -0.2) is 41.6 Å². The summed E-state index contributed by atoms with van der Waals surface area (Å²) in [6, 6.07) is 16.0. The van der Waals surface area contributed by atoms with Gasteiger partial charge in [-0.2, -0.15) is 9.29 Å². The number of nitrogens with zero attached hydrogens (tertiary/aromatic N) is 3. The Labute approximate surface area is 173 Å². The third kappa shape index (κ3) is 6.11. The number of hydrogen-bond acceptors (Lipinski definition) is 6. The molecule has 0 radical (unpaired) electrons. The van der Waals surface area contributed by atoms with E-state index in [4.69, 9.17) is 16.1 Å². The molecule has 0 unspecified atom stereocenters. The number of hydrogen-bond donors (Lipinski definition) is 1. The second-order valence-corrected chi connectivity index (χ2v) is 8.73. The van der Waals surface area contributed by atoms with Gasteiger partial charge in [-0.25, -0.2) is 8.42 Å². The molecule has 1 N–H and O–H groups in total. The fourth-order valence-electron chi connectivity index (χ4n) is 2.54. The van der Waals surface area contributed by atoms with E-state index in [1.54, 1.807) is 36.4 Å². The molecule has 10 heteroatoms. The van der Waals surface area contributed by atoms with Crippen molar-refractivity contribution in [2.24, 2.45) is 0 Å². The van der Waals surface area contributed by atoms with E-state index in [0.717, 1.165) is 16.1 Å². The number of carbonyl (C=O) groups excluding carboxylic acids is 1. The van der Waals surface area contributed by atoms with Crippen molar-refractivity contribution in [3.05, 3.63) is 71.1 Å². The molecule has 0 saturated carbocycles. The summed E-state index contributed by atoms with van der Waals surface area (Å²) in [5.41, 5.74) is 1.47. The average molecular weight is 435 g/mol. The molecule has 29 heavy (non-hydrogen) atoms. The average Bonchev–Trinajstić information content (AvgIpc) is 3.15. The first-order valence-electron chi connectivity index (χ1n) is 8.65. The summed E-state index contributed by atoms with van der Waals surface area (Å²) in [5, 5.41) is 7.00. The fraction of sp³-hybridized carbons (Fsp3) is 0.211. The lowest BCUT2D eigenvalue weighted by Crippen LogP contribution is -2.39. The monoisotopic (exact) mass is 434 g/mol. The third-order valence-electron chi connectivity index (χ3n) is 3.98. The maximum Gasteiger partial charge on any atom is 0.246 e. The van der Waals surface area contributed by atoms with Crippen LogP contribution in [0.15, 0.2) is 59.1 Å². The van der Waals surface area contributed by atoms with Crippen LogP contribution >= 0.6 is 11.6 Å². The minimum absolute atomic E-state index is 0.0185. The Morgan fingerprint density at radius 2 is 1.93 bits per heavy atom. The molecule has 1 heterocycles. The summed E-state index contributed by atoms with van der Waals surface area (Å²) >= 11 is 5.95. The van der Waals surface area contributed by atoms with Gasteiger partial charge in [0.2, 0.25) is 27.6 Å². The van der Waals surface area contributed by atoms with E-state index in [1.807, 2.05) is 18.2 Å². The summed E-state index contributed by atoms with van der Waals surface area (Å²) in [6.07, 6.45) is 1.07. The first kappa shape index (κ1) is 21.0. The number of sulfonamides is 1. The quantitative estimate of drug-likeness (QED) is 0.583. The van der Waals surface area contributed by atoms with Crippen LogP contribution in [0.25, 0.3) is 11.4 Å². The van der Waals surface area contributed by atoms with Crippen LogP contribution in [0.3, 0.4) is 0 Å². The van der Waals surface area contributed by atoms with Gasteiger partial charge < -0.3 is 9.84 Å². The topological polar surface area (TPSA) is 105 Å². The largest absolute Gasteiger partial charge is 0.346 e. The van der Waals surface area contributed by atoms with Crippen molar-refractivity contribution in [3.63, 3.8) is 0 Å². The van der Waals surface area contributed by atoms with E-state index in [0.29, 0.717) is 16.4 Å². The number of amides is 1. The standard InChI is InChI=1S/C19H19ClN4O4S/c1-29(26,27)24(12-14-6-3-2-4-7-14)13-17(25)21-11-18-22-19(23-28-18)15-8-5-9-16(20)10-15/h2-10H,11-13H2,1H3,(H,21,25). The van der Waals surface area contributed by atoms with Crippen LogP contribution in [0.5, 0.6) is 0 Å². The lowest BCUT2D eigenvalue weighted by molar-refractivity contribution is -0.121. The van der Waals surface area contributed by atoms with Crippen molar-refractivity contribution in [2.75, 3.05) is 12.8 Å². The fourth-order valence-corrected chi connectivity index (χ4v) is 3.46. The van der Waals surface area contributed by atoms with Crippen LogP contribution in [-0.2, 0) is 27.9 Å². The zero-order valence-electron chi connectivity index (χ0n) is 15.6. The number of aromatic nitrogens is 2. The predicted molar refractivity (Wildman–Crippen MR) is 108 cm³/mol. The Bertz CT molecular complexity index is 1090. The van der Waals surface area contributed by atoms with E-state index < -0.39 is 15.9 Å². The van der Waals surface area contributed by atoms with Gasteiger partial charge in [0.05, 0.1) is 19.3 Å². The Balaban J connectivity index is 1.59. The number of nitrogens with one attached hydrogen (secondary N) is 1. The summed E-state index contributed by atoms with van der Waals surface area (Å²) < 4.78 is 30.3. The molecule has 0 fully saturated rings. The highest BCUT2D eigenvalue weighted by molar-refractivity contribution is 7.88. The lowest BCUT2D eigenvalue weighted by atomic mass is 10.2. The molecule has 0 atom stereocenters. The highest BCUT2D eigenvalue weighted by Crippen LogP contribution is 2.19. The van der Waals surface area contributed by atoms with Crippen LogP contribution in [0.2, 0.25) is 5.02 Å². The van der Waals surface area contributed by atoms with Crippen molar-refractivity contribution >= 4 is 27.5 Å². The molecule has 0 aliphatic carbocycles.